The lowest BCUT2D eigenvalue weighted by Gasteiger charge is -2.24. The molecule has 3 aromatic rings. The summed E-state index contributed by atoms with van der Waals surface area (Å²) in [4.78, 5) is 13.7. The third-order valence-corrected chi connectivity index (χ3v) is 6.37. The summed E-state index contributed by atoms with van der Waals surface area (Å²) in [7, 11) is -2.45. The molecule has 0 N–H and O–H groups in total. The first kappa shape index (κ1) is 23.8. The SMILES string of the molecule is CN(Cc1cc(-c2ccc(F)cc2)n(S(=O)(=O)c2cccc(Cl)c2)c1)C(=O)OC(C)(C)C. The van der Waals surface area contributed by atoms with Gasteiger partial charge in [0, 0.05) is 18.3 Å². The molecule has 32 heavy (non-hydrogen) atoms. The number of carbonyl (C=O) groups is 1. The fourth-order valence-corrected chi connectivity index (χ4v) is 4.73. The van der Waals surface area contributed by atoms with E-state index in [0.717, 1.165) is 3.97 Å². The van der Waals surface area contributed by atoms with Crippen molar-refractivity contribution in [3.8, 4) is 11.3 Å². The Morgan fingerprint density at radius 2 is 1.78 bits per heavy atom. The number of aromatic nitrogens is 1. The molecule has 0 saturated heterocycles. The summed E-state index contributed by atoms with van der Waals surface area (Å²) in [6.45, 7) is 5.40. The smallest absolute Gasteiger partial charge is 0.410 e. The van der Waals surface area contributed by atoms with Gasteiger partial charge in [0.25, 0.3) is 10.0 Å². The van der Waals surface area contributed by atoms with Gasteiger partial charge in [-0.2, -0.15) is 0 Å². The van der Waals surface area contributed by atoms with Gasteiger partial charge in [-0.05, 0) is 80.4 Å². The zero-order valence-electron chi connectivity index (χ0n) is 18.2. The topological polar surface area (TPSA) is 68.6 Å². The Balaban J connectivity index is 2.05. The van der Waals surface area contributed by atoms with E-state index in [1.54, 1.807) is 46.0 Å². The van der Waals surface area contributed by atoms with Crippen molar-refractivity contribution in [3.63, 3.8) is 0 Å². The van der Waals surface area contributed by atoms with Crippen LogP contribution in [0.4, 0.5) is 9.18 Å². The lowest BCUT2D eigenvalue weighted by Crippen LogP contribution is -2.33. The van der Waals surface area contributed by atoms with Crippen molar-refractivity contribution in [1.29, 1.82) is 0 Å². The minimum absolute atomic E-state index is 0.0102. The van der Waals surface area contributed by atoms with Gasteiger partial charge in [-0.15, -0.1) is 0 Å². The van der Waals surface area contributed by atoms with Crippen LogP contribution in [0.25, 0.3) is 11.3 Å². The Kier molecular flexibility index (Phi) is 6.67. The number of carbonyl (C=O) groups excluding carboxylic acids is 1. The predicted molar refractivity (Wildman–Crippen MR) is 122 cm³/mol. The molecule has 2 aromatic carbocycles. The molecule has 1 amide bonds. The number of ether oxygens (including phenoxy) is 1. The average molecular weight is 479 g/mol. The highest BCUT2D eigenvalue weighted by molar-refractivity contribution is 7.90. The van der Waals surface area contributed by atoms with Crippen LogP contribution < -0.4 is 0 Å². The normalized spacial score (nSPS) is 11.9. The Morgan fingerprint density at radius 3 is 2.38 bits per heavy atom. The first-order valence-corrected chi connectivity index (χ1v) is 11.6. The van der Waals surface area contributed by atoms with Gasteiger partial charge in [0.2, 0.25) is 0 Å². The van der Waals surface area contributed by atoms with Crippen molar-refractivity contribution >= 4 is 27.7 Å². The number of nitrogens with zero attached hydrogens (tertiary/aromatic N) is 2. The van der Waals surface area contributed by atoms with Gasteiger partial charge in [0.1, 0.15) is 11.4 Å². The number of halogens is 2. The lowest BCUT2D eigenvalue weighted by atomic mass is 10.1. The molecule has 0 bridgehead atoms. The molecule has 0 spiro atoms. The van der Waals surface area contributed by atoms with Gasteiger partial charge >= 0.3 is 6.09 Å². The number of benzene rings is 2. The summed E-state index contributed by atoms with van der Waals surface area (Å²) in [6, 6.07) is 13.1. The third kappa shape index (κ3) is 5.49. The monoisotopic (exact) mass is 478 g/mol. The van der Waals surface area contributed by atoms with Crippen molar-refractivity contribution in [3.05, 3.63) is 77.2 Å². The van der Waals surface area contributed by atoms with E-state index >= 15 is 0 Å². The minimum Gasteiger partial charge on any atom is -0.444 e. The van der Waals surface area contributed by atoms with Gasteiger partial charge in [0.05, 0.1) is 17.1 Å². The highest BCUT2D eigenvalue weighted by Crippen LogP contribution is 2.29. The van der Waals surface area contributed by atoms with E-state index in [4.69, 9.17) is 16.3 Å². The van der Waals surface area contributed by atoms with Crippen LogP contribution in [0, 0.1) is 5.82 Å². The summed E-state index contributed by atoms with van der Waals surface area (Å²) in [5.41, 5.74) is 0.732. The molecule has 0 saturated carbocycles. The Hall–Kier alpha value is -2.84. The van der Waals surface area contributed by atoms with Crippen molar-refractivity contribution in [2.45, 2.75) is 37.8 Å². The van der Waals surface area contributed by atoms with Crippen LogP contribution >= 0.6 is 11.6 Å². The molecule has 0 aliphatic rings. The largest absolute Gasteiger partial charge is 0.444 e. The van der Waals surface area contributed by atoms with Gasteiger partial charge in [-0.1, -0.05) is 17.7 Å². The van der Waals surface area contributed by atoms with Gasteiger partial charge in [0.15, 0.2) is 0 Å². The number of hydrogen-bond acceptors (Lipinski definition) is 4. The maximum Gasteiger partial charge on any atom is 0.410 e. The van der Waals surface area contributed by atoms with Crippen molar-refractivity contribution in [2.75, 3.05) is 7.05 Å². The molecular weight excluding hydrogens is 455 g/mol. The fourth-order valence-electron chi connectivity index (χ4n) is 3.03. The third-order valence-electron chi connectivity index (χ3n) is 4.46. The van der Waals surface area contributed by atoms with Gasteiger partial charge < -0.3 is 9.64 Å². The van der Waals surface area contributed by atoms with E-state index in [-0.39, 0.29) is 16.5 Å². The highest BCUT2D eigenvalue weighted by Gasteiger charge is 2.24. The second-order valence-corrected chi connectivity index (χ2v) is 10.6. The number of amides is 1. The highest BCUT2D eigenvalue weighted by atomic mass is 35.5. The Morgan fingerprint density at radius 1 is 1.12 bits per heavy atom. The minimum atomic E-state index is -4.01. The zero-order chi connectivity index (χ0) is 23.7. The van der Waals surface area contributed by atoms with Crippen LogP contribution in [0.15, 0.2) is 65.7 Å². The number of hydrogen-bond donors (Lipinski definition) is 0. The van der Waals surface area contributed by atoms with Gasteiger partial charge in [-0.3, -0.25) is 0 Å². The van der Waals surface area contributed by atoms with E-state index in [1.165, 1.54) is 47.5 Å². The molecular formula is C23H24ClFN2O4S. The molecule has 0 aliphatic carbocycles. The van der Waals surface area contributed by atoms with Crippen molar-refractivity contribution in [2.24, 2.45) is 0 Å². The molecule has 6 nitrogen and oxygen atoms in total. The lowest BCUT2D eigenvalue weighted by molar-refractivity contribution is 0.0285. The molecule has 3 rings (SSSR count). The van der Waals surface area contributed by atoms with Crippen molar-refractivity contribution < 1.29 is 22.3 Å². The molecule has 0 aliphatic heterocycles. The van der Waals surface area contributed by atoms with E-state index < -0.39 is 27.5 Å². The van der Waals surface area contributed by atoms with Crippen LogP contribution in [-0.2, 0) is 21.3 Å². The van der Waals surface area contributed by atoms with Crippen molar-refractivity contribution in [1.82, 2.24) is 8.87 Å². The first-order valence-electron chi connectivity index (χ1n) is 9.79. The molecule has 0 unspecified atom stereocenters. The zero-order valence-corrected chi connectivity index (χ0v) is 19.7. The fraction of sp³-hybridized carbons (Fsp3) is 0.261. The van der Waals surface area contributed by atoms with Gasteiger partial charge in [-0.25, -0.2) is 21.6 Å². The standard InChI is InChI=1S/C23H24ClFN2O4S/c1-23(2,3)31-22(28)26(4)14-16-12-21(17-8-10-19(25)11-9-17)27(15-16)32(29,30)20-7-5-6-18(24)13-20/h5-13,15H,14H2,1-4H3. The maximum absolute atomic E-state index is 13.4. The molecule has 9 heteroatoms. The molecule has 0 fully saturated rings. The molecule has 0 atom stereocenters. The summed E-state index contributed by atoms with van der Waals surface area (Å²) in [5.74, 6) is -0.436. The first-order chi connectivity index (χ1) is 14.9. The summed E-state index contributed by atoms with van der Waals surface area (Å²) >= 11 is 6.00. The quantitative estimate of drug-likeness (QED) is 0.482. The molecule has 0 radical (unpaired) electrons. The van der Waals surface area contributed by atoms with Crippen LogP contribution in [0.3, 0.4) is 0 Å². The maximum atomic E-state index is 13.4. The van der Waals surface area contributed by atoms with Crippen LogP contribution in [0.1, 0.15) is 26.3 Å². The molecule has 1 heterocycles. The summed E-state index contributed by atoms with van der Waals surface area (Å²) < 4.78 is 46.7. The summed E-state index contributed by atoms with van der Waals surface area (Å²) in [6.07, 6.45) is 0.904. The van der Waals surface area contributed by atoms with Crippen LogP contribution in [0.5, 0.6) is 0 Å². The van der Waals surface area contributed by atoms with E-state index in [1.807, 2.05) is 0 Å². The second-order valence-electron chi connectivity index (χ2n) is 8.34. The molecule has 1 aromatic heterocycles. The van der Waals surface area contributed by atoms with Crippen LogP contribution in [0.2, 0.25) is 5.02 Å². The predicted octanol–water partition coefficient (Wildman–Crippen LogP) is 5.55. The van der Waals surface area contributed by atoms with Crippen LogP contribution in [-0.4, -0.2) is 36.0 Å². The van der Waals surface area contributed by atoms with E-state index in [9.17, 15) is 17.6 Å². The average Bonchev–Trinajstić information content (AvgIpc) is 3.12. The Bertz CT molecular complexity index is 1230. The Labute approximate surface area is 192 Å². The van der Waals surface area contributed by atoms with E-state index in [0.29, 0.717) is 16.8 Å². The molecule has 170 valence electrons. The number of rotatable bonds is 5. The second kappa shape index (κ2) is 8.96. The summed E-state index contributed by atoms with van der Waals surface area (Å²) in [5, 5.41) is 0.284. The van der Waals surface area contributed by atoms with E-state index in [2.05, 4.69) is 0 Å².